The first-order valence-corrected chi connectivity index (χ1v) is 10.8. The molecule has 4 rings (SSSR count). The quantitative estimate of drug-likeness (QED) is 0.702. The topological polar surface area (TPSA) is 32.3 Å². The van der Waals surface area contributed by atoms with Gasteiger partial charge in [0.2, 0.25) is 5.91 Å². The average molecular weight is 399 g/mol. The van der Waals surface area contributed by atoms with E-state index in [2.05, 4.69) is 43.7 Å². The molecule has 1 fully saturated rings. The van der Waals surface area contributed by atoms with E-state index in [1.165, 1.54) is 23.3 Å². The second-order valence-corrected chi connectivity index (χ2v) is 9.58. The predicted molar refractivity (Wildman–Crippen MR) is 111 cm³/mol. The molecule has 1 N–H and O–H groups in total. The van der Waals surface area contributed by atoms with Crippen LogP contribution in [0.2, 0.25) is 0 Å². The first-order chi connectivity index (χ1) is 13.3. The number of halogens is 1. The third-order valence-electron chi connectivity index (χ3n) is 5.72. The second kappa shape index (κ2) is 7.53. The molecule has 0 bridgehead atoms. The molecule has 1 amide bonds. The van der Waals surface area contributed by atoms with Gasteiger partial charge < -0.3 is 4.90 Å². The summed E-state index contributed by atoms with van der Waals surface area (Å²) in [7, 11) is 0. The number of carbonyl (C=O) groups excluding carboxylic acids is 1. The molecule has 1 unspecified atom stereocenters. The lowest BCUT2D eigenvalue weighted by Gasteiger charge is -2.40. The highest BCUT2D eigenvalue weighted by Gasteiger charge is 2.39. The van der Waals surface area contributed by atoms with Gasteiger partial charge >= 0.3 is 0 Å². The van der Waals surface area contributed by atoms with Crippen LogP contribution in [0.5, 0.6) is 0 Å². The van der Waals surface area contributed by atoms with Crippen LogP contribution in [0.4, 0.5) is 4.39 Å². The molecule has 1 aliphatic carbocycles. The number of nitrogens with zero attached hydrogens (tertiary/aromatic N) is 1. The molecule has 1 saturated carbocycles. The first-order valence-electron chi connectivity index (χ1n) is 9.93. The van der Waals surface area contributed by atoms with Gasteiger partial charge in [0.25, 0.3) is 0 Å². The van der Waals surface area contributed by atoms with E-state index >= 15 is 0 Å². The van der Waals surface area contributed by atoms with Crippen LogP contribution in [0.1, 0.15) is 56.3 Å². The number of rotatable bonds is 5. The van der Waals surface area contributed by atoms with Crippen LogP contribution in [-0.4, -0.2) is 17.4 Å². The van der Waals surface area contributed by atoms with Gasteiger partial charge in [0.05, 0.1) is 0 Å². The number of hydrogen-bond donors (Lipinski definition) is 1. The number of fused-ring (bicyclic) bond motifs is 1. The molecule has 148 valence electrons. The second-order valence-electron chi connectivity index (χ2n) is 8.66. The molecule has 0 radical (unpaired) electrons. The third kappa shape index (κ3) is 4.11. The van der Waals surface area contributed by atoms with Gasteiger partial charge in [0.1, 0.15) is 5.82 Å². The van der Waals surface area contributed by atoms with Crippen LogP contribution in [0.3, 0.4) is 0 Å². The van der Waals surface area contributed by atoms with Gasteiger partial charge in [-0.1, -0.05) is 32.0 Å². The third-order valence-corrected chi connectivity index (χ3v) is 6.68. The summed E-state index contributed by atoms with van der Waals surface area (Å²) >= 11 is 1.60. The SMILES string of the molecule is CC(NSc1ccc2c(c1)C(C)(C)CN(C(=O)C1CC1)C2)c1ccc(F)cc1. The Morgan fingerprint density at radius 2 is 1.93 bits per heavy atom. The number of carbonyl (C=O) groups is 1. The minimum Gasteiger partial charge on any atom is -0.337 e. The number of benzene rings is 2. The molecule has 0 saturated heterocycles. The van der Waals surface area contributed by atoms with E-state index in [-0.39, 0.29) is 23.2 Å². The molecule has 1 aliphatic heterocycles. The Balaban J connectivity index is 1.46. The summed E-state index contributed by atoms with van der Waals surface area (Å²) < 4.78 is 16.6. The van der Waals surface area contributed by atoms with Crippen molar-refractivity contribution in [3.05, 3.63) is 65.0 Å². The van der Waals surface area contributed by atoms with Gasteiger partial charge in [0.15, 0.2) is 0 Å². The summed E-state index contributed by atoms with van der Waals surface area (Å²) in [5.41, 5.74) is 3.58. The first kappa shape index (κ1) is 19.5. The predicted octanol–water partition coefficient (Wildman–Crippen LogP) is 5.21. The zero-order valence-electron chi connectivity index (χ0n) is 16.7. The van der Waals surface area contributed by atoms with Crippen molar-refractivity contribution in [3.63, 3.8) is 0 Å². The normalized spacial score (nSPS) is 19.2. The van der Waals surface area contributed by atoms with Gasteiger partial charge in [-0.05, 0) is 72.7 Å². The largest absolute Gasteiger partial charge is 0.337 e. The number of amides is 1. The summed E-state index contributed by atoms with van der Waals surface area (Å²) in [5.74, 6) is 0.381. The Morgan fingerprint density at radius 1 is 1.21 bits per heavy atom. The van der Waals surface area contributed by atoms with Crippen LogP contribution < -0.4 is 4.72 Å². The lowest BCUT2D eigenvalue weighted by atomic mass is 9.78. The Labute approximate surface area is 170 Å². The van der Waals surface area contributed by atoms with Gasteiger partial charge in [-0.3, -0.25) is 9.52 Å². The summed E-state index contributed by atoms with van der Waals surface area (Å²) in [4.78, 5) is 15.7. The van der Waals surface area contributed by atoms with Crippen molar-refractivity contribution in [2.45, 2.75) is 56.5 Å². The summed E-state index contributed by atoms with van der Waals surface area (Å²) in [6.07, 6.45) is 2.10. The Morgan fingerprint density at radius 3 is 2.61 bits per heavy atom. The Bertz CT molecular complexity index is 877. The monoisotopic (exact) mass is 398 g/mol. The molecular weight excluding hydrogens is 371 g/mol. The van der Waals surface area contributed by atoms with Crippen molar-refractivity contribution in [2.24, 2.45) is 5.92 Å². The van der Waals surface area contributed by atoms with Gasteiger partial charge in [0, 0.05) is 35.4 Å². The molecule has 1 atom stereocenters. The number of nitrogens with one attached hydrogen (secondary N) is 1. The van der Waals surface area contributed by atoms with Crippen LogP contribution in [0.15, 0.2) is 47.4 Å². The van der Waals surface area contributed by atoms with E-state index in [0.29, 0.717) is 5.91 Å². The van der Waals surface area contributed by atoms with E-state index in [9.17, 15) is 9.18 Å². The average Bonchev–Trinajstić information content (AvgIpc) is 3.51. The summed E-state index contributed by atoms with van der Waals surface area (Å²) in [5, 5.41) is 0. The van der Waals surface area contributed by atoms with E-state index in [0.717, 1.165) is 36.4 Å². The maximum absolute atomic E-state index is 13.1. The van der Waals surface area contributed by atoms with E-state index < -0.39 is 0 Å². The highest BCUT2D eigenvalue weighted by atomic mass is 32.2. The highest BCUT2D eigenvalue weighted by Crippen LogP contribution is 2.39. The smallest absolute Gasteiger partial charge is 0.226 e. The minimum atomic E-state index is -0.213. The summed E-state index contributed by atoms with van der Waals surface area (Å²) in [6.45, 7) is 8.02. The molecule has 28 heavy (non-hydrogen) atoms. The van der Waals surface area contributed by atoms with Crippen molar-refractivity contribution in [2.75, 3.05) is 6.54 Å². The minimum absolute atomic E-state index is 0.0583. The maximum atomic E-state index is 13.1. The number of hydrogen-bond acceptors (Lipinski definition) is 3. The fraction of sp³-hybridized carbons (Fsp3) is 0.435. The fourth-order valence-corrected chi connectivity index (χ4v) is 4.69. The maximum Gasteiger partial charge on any atom is 0.226 e. The van der Waals surface area contributed by atoms with Gasteiger partial charge in [-0.25, -0.2) is 4.39 Å². The van der Waals surface area contributed by atoms with Crippen LogP contribution in [0.25, 0.3) is 0 Å². The van der Waals surface area contributed by atoms with Crippen LogP contribution in [0, 0.1) is 11.7 Å². The Hall–Kier alpha value is -1.85. The molecule has 2 aliphatic rings. The van der Waals surface area contributed by atoms with E-state index in [4.69, 9.17) is 0 Å². The standard InChI is InChI=1S/C23H27FN2OS/c1-15(16-6-9-19(24)10-7-16)25-28-20-11-8-18-13-26(22(27)17-4-5-17)14-23(2,3)21(18)12-20/h6-12,15,17,25H,4-5,13-14H2,1-3H3. The zero-order valence-corrected chi connectivity index (χ0v) is 17.5. The lowest BCUT2D eigenvalue weighted by molar-refractivity contribution is -0.134. The fourth-order valence-electron chi connectivity index (χ4n) is 3.93. The van der Waals surface area contributed by atoms with Crippen LogP contribution >= 0.6 is 11.9 Å². The molecule has 0 spiro atoms. The molecule has 3 nitrogen and oxygen atoms in total. The van der Waals surface area contributed by atoms with Crippen molar-refractivity contribution in [3.8, 4) is 0 Å². The van der Waals surface area contributed by atoms with Gasteiger partial charge in [-0.2, -0.15) is 0 Å². The molecule has 5 heteroatoms. The lowest BCUT2D eigenvalue weighted by Crippen LogP contribution is -2.45. The van der Waals surface area contributed by atoms with Gasteiger partial charge in [-0.15, -0.1) is 0 Å². The Kier molecular flexibility index (Phi) is 5.23. The van der Waals surface area contributed by atoms with E-state index in [1.807, 2.05) is 17.0 Å². The molecule has 2 aromatic carbocycles. The van der Waals surface area contributed by atoms with Crippen molar-refractivity contribution in [1.29, 1.82) is 0 Å². The van der Waals surface area contributed by atoms with E-state index in [1.54, 1.807) is 11.9 Å². The highest BCUT2D eigenvalue weighted by molar-refractivity contribution is 7.97. The zero-order chi connectivity index (χ0) is 19.9. The van der Waals surface area contributed by atoms with Crippen molar-refractivity contribution < 1.29 is 9.18 Å². The molecular formula is C23H27FN2OS. The van der Waals surface area contributed by atoms with Crippen molar-refractivity contribution in [1.82, 2.24) is 9.62 Å². The van der Waals surface area contributed by atoms with Crippen LogP contribution in [-0.2, 0) is 16.8 Å². The summed E-state index contributed by atoms with van der Waals surface area (Å²) in [6, 6.07) is 13.3. The molecule has 2 aromatic rings. The molecule has 0 aromatic heterocycles. The van der Waals surface area contributed by atoms with Crippen molar-refractivity contribution >= 4 is 17.9 Å². The molecule has 1 heterocycles.